The van der Waals surface area contributed by atoms with Crippen molar-refractivity contribution in [1.82, 2.24) is 4.90 Å². The second-order valence-electron chi connectivity index (χ2n) is 4.26. The fourth-order valence-corrected chi connectivity index (χ4v) is 2.05. The van der Waals surface area contributed by atoms with Gasteiger partial charge in [-0.3, -0.25) is 10.1 Å². The summed E-state index contributed by atoms with van der Waals surface area (Å²) in [7, 11) is 1.85. The molecule has 0 saturated heterocycles. The average Bonchev–Trinajstić information content (AvgIpc) is 2.30. The Hall–Kier alpha value is -1.45. The largest absolute Gasteiger partial charge is 0.301 e. The van der Waals surface area contributed by atoms with Crippen LogP contribution in [0.5, 0.6) is 0 Å². The number of nitro benzene ring substituents is 1. The molecule has 0 N–H and O–H groups in total. The van der Waals surface area contributed by atoms with Gasteiger partial charge in [-0.15, -0.1) is 0 Å². The molecule has 18 heavy (non-hydrogen) atoms. The summed E-state index contributed by atoms with van der Waals surface area (Å²) in [6, 6.07) is 7.16. The van der Waals surface area contributed by atoms with Gasteiger partial charge in [-0.25, -0.2) is 0 Å². The summed E-state index contributed by atoms with van der Waals surface area (Å²) in [5.41, 5.74) is 0.747. The molecule has 1 atom stereocenters. The van der Waals surface area contributed by atoms with Gasteiger partial charge >= 0.3 is 0 Å². The van der Waals surface area contributed by atoms with Gasteiger partial charge in [0.1, 0.15) is 0 Å². The van der Waals surface area contributed by atoms with Crippen molar-refractivity contribution in [3.8, 4) is 6.07 Å². The number of benzene rings is 1. The number of nitriles is 1. The van der Waals surface area contributed by atoms with E-state index in [9.17, 15) is 10.1 Å². The summed E-state index contributed by atoms with van der Waals surface area (Å²) < 4.78 is 0.686. The topological polar surface area (TPSA) is 70.2 Å². The van der Waals surface area contributed by atoms with Gasteiger partial charge in [0, 0.05) is 29.2 Å². The van der Waals surface area contributed by atoms with Gasteiger partial charge in [-0.1, -0.05) is 15.9 Å². The van der Waals surface area contributed by atoms with Gasteiger partial charge in [0.05, 0.1) is 16.9 Å². The quantitative estimate of drug-likeness (QED) is 0.619. The van der Waals surface area contributed by atoms with Crippen LogP contribution in [-0.2, 0) is 6.54 Å². The number of hydrogen-bond acceptors (Lipinski definition) is 4. The van der Waals surface area contributed by atoms with E-state index in [1.807, 2.05) is 18.9 Å². The maximum Gasteiger partial charge on any atom is 0.275 e. The molecular formula is C12H14BrN3O2. The lowest BCUT2D eigenvalue weighted by Gasteiger charge is -2.17. The minimum absolute atomic E-state index is 0.0931. The molecular weight excluding hydrogens is 298 g/mol. The molecule has 96 valence electrons. The van der Waals surface area contributed by atoms with Crippen molar-refractivity contribution < 1.29 is 4.92 Å². The Kier molecular flexibility index (Phi) is 5.25. The standard InChI is InChI=1S/C12H14BrN3O2/c1-9(6-14)7-15(2)8-10-3-4-11(13)5-12(10)16(17)18/h3-5,9H,7-8H2,1-2H3. The molecule has 0 aliphatic rings. The minimum Gasteiger partial charge on any atom is -0.301 e. The van der Waals surface area contributed by atoms with Crippen molar-refractivity contribution >= 4 is 21.6 Å². The molecule has 0 aliphatic carbocycles. The van der Waals surface area contributed by atoms with E-state index in [2.05, 4.69) is 22.0 Å². The molecule has 5 nitrogen and oxygen atoms in total. The molecule has 1 unspecified atom stereocenters. The van der Waals surface area contributed by atoms with E-state index in [0.717, 1.165) is 0 Å². The van der Waals surface area contributed by atoms with Crippen LogP contribution in [0.25, 0.3) is 0 Å². The molecule has 0 amide bonds. The third-order valence-corrected chi connectivity index (χ3v) is 2.98. The molecule has 0 radical (unpaired) electrons. The number of hydrogen-bond donors (Lipinski definition) is 0. The second kappa shape index (κ2) is 6.47. The fraction of sp³-hybridized carbons (Fsp3) is 0.417. The van der Waals surface area contributed by atoms with E-state index in [0.29, 0.717) is 23.1 Å². The van der Waals surface area contributed by atoms with E-state index in [-0.39, 0.29) is 16.5 Å². The molecule has 0 aromatic heterocycles. The van der Waals surface area contributed by atoms with Crippen LogP contribution < -0.4 is 0 Å². The highest BCUT2D eigenvalue weighted by Gasteiger charge is 2.16. The first kappa shape index (κ1) is 14.6. The molecule has 0 fully saturated rings. The lowest BCUT2D eigenvalue weighted by atomic mass is 10.1. The van der Waals surface area contributed by atoms with Crippen LogP contribution in [0, 0.1) is 27.4 Å². The van der Waals surface area contributed by atoms with Gasteiger partial charge in [0.2, 0.25) is 0 Å². The zero-order valence-corrected chi connectivity index (χ0v) is 11.8. The Balaban J connectivity index is 2.84. The molecule has 0 spiro atoms. The lowest BCUT2D eigenvalue weighted by Crippen LogP contribution is -2.23. The number of rotatable bonds is 5. The highest BCUT2D eigenvalue weighted by molar-refractivity contribution is 9.10. The average molecular weight is 312 g/mol. The Morgan fingerprint density at radius 3 is 2.83 bits per heavy atom. The normalized spacial score (nSPS) is 12.2. The van der Waals surface area contributed by atoms with E-state index < -0.39 is 0 Å². The summed E-state index contributed by atoms with van der Waals surface area (Å²) in [6.07, 6.45) is 0. The first-order chi connectivity index (χ1) is 8.43. The predicted octanol–water partition coefficient (Wildman–Crippen LogP) is 2.95. The zero-order valence-electron chi connectivity index (χ0n) is 10.3. The van der Waals surface area contributed by atoms with E-state index in [1.165, 1.54) is 6.07 Å². The summed E-state index contributed by atoms with van der Waals surface area (Å²) >= 11 is 3.22. The number of nitro groups is 1. The van der Waals surface area contributed by atoms with E-state index in [4.69, 9.17) is 5.26 Å². The summed E-state index contributed by atoms with van der Waals surface area (Å²) in [5, 5.41) is 19.7. The summed E-state index contributed by atoms with van der Waals surface area (Å²) in [6.45, 7) is 2.87. The summed E-state index contributed by atoms with van der Waals surface area (Å²) in [5.74, 6) is -0.0931. The molecule has 0 bridgehead atoms. The monoisotopic (exact) mass is 311 g/mol. The lowest BCUT2D eigenvalue weighted by molar-refractivity contribution is -0.385. The second-order valence-corrected chi connectivity index (χ2v) is 5.17. The van der Waals surface area contributed by atoms with Crippen molar-refractivity contribution in [2.45, 2.75) is 13.5 Å². The maximum atomic E-state index is 10.9. The smallest absolute Gasteiger partial charge is 0.275 e. The van der Waals surface area contributed by atoms with Crippen LogP contribution in [0.3, 0.4) is 0 Å². The zero-order chi connectivity index (χ0) is 13.7. The first-order valence-corrected chi connectivity index (χ1v) is 6.24. The van der Waals surface area contributed by atoms with Crippen LogP contribution >= 0.6 is 15.9 Å². The van der Waals surface area contributed by atoms with Gasteiger partial charge < -0.3 is 4.90 Å². The molecule has 0 aliphatic heterocycles. The van der Waals surface area contributed by atoms with Crippen LogP contribution in [0.2, 0.25) is 0 Å². The Labute approximate surface area is 114 Å². The molecule has 1 rings (SSSR count). The van der Waals surface area contributed by atoms with Crippen molar-refractivity contribution in [1.29, 1.82) is 5.26 Å². The molecule has 6 heteroatoms. The van der Waals surface area contributed by atoms with E-state index in [1.54, 1.807) is 12.1 Å². The molecule has 1 aromatic rings. The SMILES string of the molecule is CC(C#N)CN(C)Cc1ccc(Br)cc1[N+](=O)[O-]. The van der Waals surface area contributed by atoms with Gasteiger partial charge in [-0.2, -0.15) is 5.26 Å². The minimum atomic E-state index is -0.387. The number of halogens is 1. The Morgan fingerprint density at radius 2 is 2.28 bits per heavy atom. The maximum absolute atomic E-state index is 10.9. The molecule has 1 aromatic carbocycles. The van der Waals surface area contributed by atoms with Gasteiger partial charge in [0.25, 0.3) is 5.69 Å². The highest BCUT2D eigenvalue weighted by Crippen LogP contribution is 2.24. The van der Waals surface area contributed by atoms with Gasteiger partial charge in [0.15, 0.2) is 0 Å². The van der Waals surface area contributed by atoms with Crippen molar-refractivity contribution in [3.05, 3.63) is 38.3 Å². The highest BCUT2D eigenvalue weighted by atomic mass is 79.9. The fourth-order valence-electron chi connectivity index (χ4n) is 1.70. The number of nitrogens with zero attached hydrogens (tertiary/aromatic N) is 3. The van der Waals surface area contributed by atoms with Crippen molar-refractivity contribution in [2.24, 2.45) is 5.92 Å². The molecule has 0 heterocycles. The Bertz CT molecular complexity index is 485. The third-order valence-electron chi connectivity index (χ3n) is 2.49. The predicted molar refractivity (Wildman–Crippen MR) is 71.9 cm³/mol. The van der Waals surface area contributed by atoms with Crippen molar-refractivity contribution in [2.75, 3.05) is 13.6 Å². The first-order valence-electron chi connectivity index (χ1n) is 5.45. The van der Waals surface area contributed by atoms with Crippen LogP contribution in [0.4, 0.5) is 5.69 Å². The van der Waals surface area contributed by atoms with Gasteiger partial charge in [-0.05, 0) is 26.1 Å². The third kappa shape index (κ3) is 4.09. The van der Waals surface area contributed by atoms with Crippen LogP contribution in [0.1, 0.15) is 12.5 Å². The molecule has 0 saturated carbocycles. The van der Waals surface area contributed by atoms with E-state index >= 15 is 0 Å². The van der Waals surface area contributed by atoms with Crippen LogP contribution in [0.15, 0.2) is 22.7 Å². The van der Waals surface area contributed by atoms with Crippen molar-refractivity contribution in [3.63, 3.8) is 0 Å². The van der Waals surface area contributed by atoms with Crippen LogP contribution in [-0.4, -0.2) is 23.4 Å². The summed E-state index contributed by atoms with van der Waals surface area (Å²) in [4.78, 5) is 12.5. The Morgan fingerprint density at radius 1 is 1.61 bits per heavy atom.